The Morgan fingerprint density at radius 2 is 2.00 bits per heavy atom. The topological polar surface area (TPSA) is 29.1 Å². The number of aryl methyl sites for hydroxylation is 1. The lowest BCUT2D eigenvalue weighted by atomic mass is 10.2. The molecule has 0 saturated carbocycles. The highest BCUT2D eigenvalue weighted by Crippen LogP contribution is 2.24. The number of amides is 1. The first kappa shape index (κ1) is 12.4. The van der Waals surface area contributed by atoms with Crippen LogP contribution in [-0.2, 0) is 0 Å². The van der Waals surface area contributed by atoms with Crippen molar-refractivity contribution in [2.45, 2.75) is 6.92 Å². The van der Waals surface area contributed by atoms with Gasteiger partial charge in [0.05, 0.1) is 9.21 Å². The maximum Gasteiger partial charge on any atom is 0.265 e. The summed E-state index contributed by atoms with van der Waals surface area (Å²) in [5.74, 6) is -0.179. The van der Waals surface area contributed by atoms with Gasteiger partial charge >= 0.3 is 0 Å². The van der Waals surface area contributed by atoms with Gasteiger partial charge in [0.15, 0.2) is 0 Å². The summed E-state index contributed by atoms with van der Waals surface area (Å²) < 4.78 is 0.595. The van der Waals surface area contributed by atoms with Crippen molar-refractivity contribution >= 4 is 46.1 Å². The van der Waals surface area contributed by atoms with Crippen molar-refractivity contribution in [1.29, 1.82) is 0 Å². The molecule has 0 saturated heterocycles. The van der Waals surface area contributed by atoms with Crippen LogP contribution in [-0.4, -0.2) is 5.91 Å². The first-order valence-corrected chi connectivity index (χ1v) is 6.46. The summed E-state index contributed by atoms with van der Waals surface area (Å²) in [6.45, 7) is 1.91. The lowest BCUT2D eigenvalue weighted by molar-refractivity contribution is 0.103. The van der Waals surface area contributed by atoms with Crippen molar-refractivity contribution in [1.82, 2.24) is 0 Å². The smallest absolute Gasteiger partial charge is 0.265 e. The van der Waals surface area contributed by atoms with Gasteiger partial charge in [-0.15, -0.1) is 11.3 Å². The summed E-state index contributed by atoms with van der Waals surface area (Å²) in [5.41, 5.74) is 1.65. The molecule has 0 aliphatic rings. The van der Waals surface area contributed by atoms with E-state index in [0.29, 0.717) is 19.9 Å². The first-order chi connectivity index (χ1) is 8.06. The van der Waals surface area contributed by atoms with E-state index in [1.807, 2.05) is 19.1 Å². The summed E-state index contributed by atoms with van der Waals surface area (Å²) in [6, 6.07) is 8.79. The summed E-state index contributed by atoms with van der Waals surface area (Å²) in [5, 5.41) is 3.40. The highest BCUT2D eigenvalue weighted by Gasteiger charge is 2.09. The van der Waals surface area contributed by atoms with Crippen LogP contribution in [0.3, 0.4) is 0 Å². The van der Waals surface area contributed by atoms with Crippen LogP contribution in [0.2, 0.25) is 9.36 Å². The highest BCUT2D eigenvalue weighted by atomic mass is 35.5. The number of hydrogen-bond acceptors (Lipinski definition) is 2. The molecule has 2 aromatic rings. The van der Waals surface area contributed by atoms with E-state index in [9.17, 15) is 4.79 Å². The fourth-order valence-electron chi connectivity index (χ4n) is 1.30. The van der Waals surface area contributed by atoms with Crippen LogP contribution in [0.5, 0.6) is 0 Å². The molecule has 1 N–H and O–H groups in total. The Bertz CT molecular complexity index is 565. The van der Waals surface area contributed by atoms with Crippen LogP contribution in [0.25, 0.3) is 0 Å². The standard InChI is InChI=1S/C12H9Cl2NOS/c1-7-2-3-8(6-9(7)13)15-12(16)10-4-5-11(14)17-10/h2-6H,1H3,(H,15,16). The number of carbonyl (C=O) groups excluding carboxylic acids is 1. The van der Waals surface area contributed by atoms with Crippen molar-refractivity contribution in [3.05, 3.63) is 50.1 Å². The minimum Gasteiger partial charge on any atom is -0.321 e. The Hall–Kier alpha value is -1.03. The number of rotatable bonds is 2. The Morgan fingerprint density at radius 3 is 2.59 bits per heavy atom. The van der Waals surface area contributed by atoms with E-state index in [2.05, 4.69) is 5.32 Å². The Balaban J connectivity index is 2.15. The van der Waals surface area contributed by atoms with E-state index in [-0.39, 0.29) is 5.91 Å². The number of carbonyl (C=O) groups is 1. The van der Waals surface area contributed by atoms with Crippen LogP contribution >= 0.6 is 34.5 Å². The molecule has 17 heavy (non-hydrogen) atoms. The van der Waals surface area contributed by atoms with Gasteiger partial charge in [0, 0.05) is 10.7 Å². The fraction of sp³-hybridized carbons (Fsp3) is 0.0833. The second kappa shape index (κ2) is 5.08. The number of thiophene rings is 1. The Morgan fingerprint density at radius 1 is 1.24 bits per heavy atom. The van der Waals surface area contributed by atoms with Gasteiger partial charge in [-0.1, -0.05) is 29.3 Å². The minimum absolute atomic E-state index is 0.179. The van der Waals surface area contributed by atoms with Crippen LogP contribution in [0, 0.1) is 6.92 Å². The van der Waals surface area contributed by atoms with Gasteiger partial charge in [0.1, 0.15) is 0 Å². The molecule has 0 radical (unpaired) electrons. The molecule has 0 unspecified atom stereocenters. The Kier molecular flexibility index (Phi) is 3.72. The monoisotopic (exact) mass is 285 g/mol. The van der Waals surface area contributed by atoms with Crippen molar-refractivity contribution in [2.75, 3.05) is 5.32 Å². The molecular weight excluding hydrogens is 277 g/mol. The molecule has 2 nitrogen and oxygen atoms in total. The van der Waals surface area contributed by atoms with Crippen molar-refractivity contribution in [3.8, 4) is 0 Å². The van der Waals surface area contributed by atoms with Crippen molar-refractivity contribution in [2.24, 2.45) is 0 Å². The first-order valence-electron chi connectivity index (χ1n) is 4.89. The van der Waals surface area contributed by atoms with E-state index in [1.54, 1.807) is 18.2 Å². The Labute approximate surface area is 113 Å². The predicted octanol–water partition coefficient (Wildman–Crippen LogP) is 4.62. The molecule has 1 amide bonds. The molecule has 1 aromatic heterocycles. The third kappa shape index (κ3) is 3.00. The fourth-order valence-corrected chi connectivity index (χ4v) is 2.42. The number of anilines is 1. The van der Waals surface area contributed by atoms with Crippen LogP contribution < -0.4 is 5.32 Å². The quantitative estimate of drug-likeness (QED) is 0.857. The summed E-state index contributed by atoms with van der Waals surface area (Å²) in [6.07, 6.45) is 0. The third-order valence-electron chi connectivity index (χ3n) is 2.23. The van der Waals surface area contributed by atoms with Gasteiger partial charge in [-0.3, -0.25) is 4.79 Å². The number of benzene rings is 1. The molecule has 2 rings (SSSR count). The lowest BCUT2D eigenvalue weighted by Crippen LogP contribution is -2.09. The van der Waals surface area contributed by atoms with Gasteiger partial charge in [-0.2, -0.15) is 0 Å². The van der Waals surface area contributed by atoms with Gasteiger partial charge in [0.2, 0.25) is 0 Å². The number of halogens is 2. The molecule has 5 heteroatoms. The number of hydrogen-bond donors (Lipinski definition) is 1. The average Bonchev–Trinajstić information content (AvgIpc) is 2.70. The van der Waals surface area contributed by atoms with Gasteiger partial charge in [-0.25, -0.2) is 0 Å². The molecule has 0 atom stereocenters. The maximum absolute atomic E-state index is 11.8. The van der Waals surface area contributed by atoms with Crippen molar-refractivity contribution < 1.29 is 4.79 Å². The second-order valence-electron chi connectivity index (χ2n) is 3.52. The molecule has 0 spiro atoms. The summed E-state index contributed by atoms with van der Waals surface area (Å²) in [7, 11) is 0. The minimum atomic E-state index is -0.179. The van der Waals surface area contributed by atoms with Crippen molar-refractivity contribution in [3.63, 3.8) is 0 Å². The zero-order valence-corrected chi connectivity index (χ0v) is 11.3. The molecule has 0 bridgehead atoms. The molecule has 1 aromatic carbocycles. The number of nitrogens with one attached hydrogen (secondary N) is 1. The third-order valence-corrected chi connectivity index (χ3v) is 3.86. The molecular formula is C12H9Cl2NOS. The van der Waals surface area contributed by atoms with Crippen LogP contribution in [0.4, 0.5) is 5.69 Å². The molecule has 1 heterocycles. The SMILES string of the molecule is Cc1ccc(NC(=O)c2ccc(Cl)s2)cc1Cl. The van der Waals surface area contributed by atoms with Gasteiger partial charge < -0.3 is 5.32 Å². The van der Waals surface area contributed by atoms with Crippen LogP contribution in [0.15, 0.2) is 30.3 Å². The van der Waals surface area contributed by atoms with E-state index in [1.165, 1.54) is 11.3 Å². The molecule has 88 valence electrons. The van der Waals surface area contributed by atoms with E-state index in [4.69, 9.17) is 23.2 Å². The highest BCUT2D eigenvalue weighted by molar-refractivity contribution is 7.18. The zero-order chi connectivity index (χ0) is 12.4. The molecule has 0 fully saturated rings. The lowest BCUT2D eigenvalue weighted by Gasteiger charge is -2.05. The molecule has 0 aliphatic carbocycles. The second-order valence-corrected chi connectivity index (χ2v) is 5.64. The van der Waals surface area contributed by atoms with E-state index < -0.39 is 0 Å². The summed E-state index contributed by atoms with van der Waals surface area (Å²) >= 11 is 13.0. The normalized spacial score (nSPS) is 10.3. The van der Waals surface area contributed by atoms with Gasteiger partial charge in [-0.05, 0) is 36.8 Å². The van der Waals surface area contributed by atoms with Crippen LogP contribution in [0.1, 0.15) is 15.2 Å². The average molecular weight is 286 g/mol. The van der Waals surface area contributed by atoms with E-state index in [0.717, 1.165) is 5.56 Å². The maximum atomic E-state index is 11.8. The predicted molar refractivity (Wildman–Crippen MR) is 73.5 cm³/mol. The van der Waals surface area contributed by atoms with Gasteiger partial charge in [0.25, 0.3) is 5.91 Å². The summed E-state index contributed by atoms with van der Waals surface area (Å²) in [4.78, 5) is 12.4. The molecule has 0 aliphatic heterocycles. The zero-order valence-electron chi connectivity index (χ0n) is 8.96. The van der Waals surface area contributed by atoms with E-state index >= 15 is 0 Å². The largest absolute Gasteiger partial charge is 0.321 e.